The smallest absolute Gasteiger partial charge is 0.270 e. The van der Waals surface area contributed by atoms with Crippen molar-refractivity contribution in [2.45, 2.75) is 13.8 Å². The maximum absolute atomic E-state index is 10.8. The van der Waals surface area contributed by atoms with Gasteiger partial charge in [-0.25, -0.2) is 0 Å². The first kappa shape index (κ1) is 13.9. The van der Waals surface area contributed by atoms with Gasteiger partial charge in [-0.1, -0.05) is 6.07 Å². The van der Waals surface area contributed by atoms with Gasteiger partial charge in [-0.15, -0.1) is 0 Å². The van der Waals surface area contributed by atoms with Crippen molar-refractivity contribution in [2.75, 3.05) is 7.11 Å². The zero-order chi connectivity index (χ0) is 14.7. The Hall–Kier alpha value is -2.56. The summed E-state index contributed by atoms with van der Waals surface area (Å²) in [6.45, 7) is 3.57. The highest BCUT2D eigenvalue weighted by Gasteiger charge is 2.13. The normalized spacial score (nSPS) is 10.2. The summed E-state index contributed by atoms with van der Waals surface area (Å²) in [7, 11) is 1.58. The van der Waals surface area contributed by atoms with Crippen LogP contribution in [0, 0.1) is 24.0 Å². The van der Waals surface area contributed by atoms with Crippen LogP contribution < -0.4 is 9.47 Å². The van der Waals surface area contributed by atoms with E-state index in [1.54, 1.807) is 27.0 Å². The van der Waals surface area contributed by atoms with Gasteiger partial charge in [0.2, 0.25) is 0 Å². The molecule has 0 N–H and O–H groups in total. The zero-order valence-corrected chi connectivity index (χ0v) is 11.5. The Morgan fingerprint density at radius 1 is 1.05 bits per heavy atom. The van der Waals surface area contributed by atoms with E-state index >= 15 is 0 Å². The summed E-state index contributed by atoms with van der Waals surface area (Å²) < 4.78 is 10.9. The minimum absolute atomic E-state index is 0.0676. The van der Waals surface area contributed by atoms with Crippen molar-refractivity contribution in [3.8, 4) is 17.2 Å². The fourth-order valence-electron chi connectivity index (χ4n) is 1.98. The van der Waals surface area contributed by atoms with Crippen molar-refractivity contribution >= 4 is 5.69 Å². The number of benzene rings is 2. The molecular formula is C15H15NO4. The molecule has 0 aliphatic carbocycles. The number of hydrogen-bond donors (Lipinski definition) is 0. The number of nitro groups is 1. The van der Waals surface area contributed by atoms with Gasteiger partial charge >= 0.3 is 0 Å². The van der Waals surface area contributed by atoms with Crippen LogP contribution in [-0.2, 0) is 0 Å². The average molecular weight is 273 g/mol. The van der Waals surface area contributed by atoms with Crippen LogP contribution in [0.1, 0.15) is 11.1 Å². The van der Waals surface area contributed by atoms with Crippen molar-refractivity contribution < 1.29 is 14.4 Å². The van der Waals surface area contributed by atoms with Crippen LogP contribution in [0.2, 0.25) is 0 Å². The van der Waals surface area contributed by atoms with Crippen LogP contribution >= 0.6 is 0 Å². The fraction of sp³-hybridized carbons (Fsp3) is 0.200. The molecule has 0 radical (unpaired) electrons. The first-order valence-electron chi connectivity index (χ1n) is 6.09. The molecule has 2 aromatic carbocycles. The lowest BCUT2D eigenvalue weighted by Crippen LogP contribution is -1.95. The molecular weight excluding hydrogens is 258 g/mol. The molecule has 2 rings (SSSR count). The molecule has 0 aliphatic heterocycles. The molecule has 0 fully saturated rings. The van der Waals surface area contributed by atoms with E-state index in [1.165, 1.54) is 12.1 Å². The van der Waals surface area contributed by atoms with Crippen LogP contribution in [0.25, 0.3) is 0 Å². The second kappa shape index (κ2) is 5.61. The van der Waals surface area contributed by atoms with Crippen molar-refractivity contribution in [1.82, 2.24) is 0 Å². The Balaban J connectivity index is 2.36. The van der Waals surface area contributed by atoms with Crippen molar-refractivity contribution in [3.05, 3.63) is 57.6 Å². The molecule has 0 atom stereocenters. The summed E-state index contributed by atoms with van der Waals surface area (Å²) in [5.41, 5.74) is 1.51. The number of aryl methyl sites for hydroxylation is 2. The highest BCUT2D eigenvalue weighted by Crippen LogP contribution is 2.33. The molecule has 2 aromatic rings. The van der Waals surface area contributed by atoms with Gasteiger partial charge in [0.1, 0.15) is 17.2 Å². The lowest BCUT2D eigenvalue weighted by atomic mass is 10.1. The molecule has 5 heteroatoms. The third kappa shape index (κ3) is 2.88. The van der Waals surface area contributed by atoms with E-state index in [9.17, 15) is 10.1 Å². The Morgan fingerprint density at radius 2 is 1.65 bits per heavy atom. The largest absolute Gasteiger partial charge is 0.497 e. The Labute approximate surface area is 116 Å². The second-order valence-corrected chi connectivity index (χ2v) is 4.45. The summed E-state index contributed by atoms with van der Waals surface area (Å²) in [5, 5.41) is 10.8. The van der Waals surface area contributed by atoms with Gasteiger partial charge < -0.3 is 9.47 Å². The summed E-state index contributed by atoms with van der Waals surface area (Å²) in [4.78, 5) is 10.4. The molecule has 0 unspecified atom stereocenters. The number of rotatable bonds is 4. The maximum Gasteiger partial charge on any atom is 0.270 e. The van der Waals surface area contributed by atoms with Crippen LogP contribution in [-0.4, -0.2) is 12.0 Å². The monoisotopic (exact) mass is 273 g/mol. The summed E-state index contributed by atoms with van der Waals surface area (Å²) in [5.74, 6) is 1.95. The van der Waals surface area contributed by atoms with E-state index in [-0.39, 0.29) is 5.69 Å². The molecule has 0 aromatic heterocycles. The Kier molecular flexibility index (Phi) is 3.89. The molecule has 0 spiro atoms. The Morgan fingerprint density at radius 3 is 2.20 bits per heavy atom. The van der Waals surface area contributed by atoms with E-state index in [1.807, 2.05) is 18.2 Å². The SMILES string of the molecule is COc1cccc(Oc2c(C)cc([N+](=O)[O-])cc2C)c1. The van der Waals surface area contributed by atoms with Crippen LogP contribution in [0.5, 0.6) is 17.2 Å². The van der Waals surface area contributed by atoms with Crippen molar-refractivity contribution in [2.24, 2.45) is 0 Å². The summed E-state index contributed by atoms with van der Waals surface area (Å²) in [6, 6.07) is 10.2. The molecule has 0 saturated heterocycles. The number of ether oxygens (including phenoxy) is 2. The van der Waals surface area contributed by atoms with Gasteiger partial charge in [0.05, 0.1) is 12.0 Å². The third-order valence-corrected chi connectivity index (χ3v) is 2.92. The van der Waals surface area contributed by atoms with E-state index in [0.29, 0.717) is 17.2 Å². The molecule has 0 amide bonds. The molecule has 0 saturated carbocycles. The van der Waals surface area contributed by atoms with Gasteiger partial charge in [-0.05, 0) is 37.1 Å². The number of nitro benzene ring substituents is 1. The molecule has 0 heterocycles. The zero-order valence-electron chi connectivity index (χ0n) is 11.5. The van der Waals surface area contributed by atoms with Gasteiger partial charge in [0.15, 0.2) is 0 Å². The predicted molar refractivity (Wildman–Crippen MR) is 75.6 cm³/mol. The second-order valence-electron chi connectivity index (χ2n) is 4.45. The quantitative estimate of drug-likeness (QED) is 0.623. The number of nitrogens with zero attached hydrogens (tertiary/aromatic N) is 1. The van der Waals surface area contributed by atoms with E-state index < -0.39 is 4.92 Å². The van der Waals surface area contributed by atoms with Crippen molar-refractivity contribution in [3.63, 3.8) is 0 Å². The first-order chi connectivity index (χ1) is 9.51. The highest BCUT2D eigenvalue weighted by atomic mass is 16.6. The minimum Gasteiger partial charge on any atom is -0.497 e. The number of non-ortho nitro benzene ring substituents is 1. The van der Waals surface area contributed by atoms with Crippen LogP contribution in [0.15, 0.2) is 36.4 Å². The molecule has 5 nitrogen and oxygen atoms in total. The Bertz CT molecular complexity index is 629. The van der Waals surface area contributed by atoms with Gasteiger partial charge in [0, 0.05) is 18.2 Å². The van der Waals surface area contributed by atoms with E-state index in [4.69, 9.17) is 9.47 Å². The first-order valence-corrected chi connectivity index (χ1v) is 6.09. The molecule has 0 aliphatic rings. The van der Waals surface area contributed by atoms with Gasteiger partial charge in [-0.3, -0.25) is 10.1 Å². The fourth-order valence-corrected chi connectivity index (χ4v) is 1.98. The molecule has 20 heavy (non-hydrogen) atoms. The lowest BCUT2D eigenvalue weighted by Gasteiger charge is -2.12. The average Bonchev–Trinajstić information content (AvgIpc) is 2.42. The third-order valence-electron chi connectivity index (χ3n) is 2.92. The molecule has 0 bridgehead atoms. The van der Waals surface area contributed by atoms with Crippen LogP contribution in [0.4, 0.5) is 5.69 Å². The number of hydrogen-bond acceptors (Lipinski definition) is 4. The predicted octanol–water partition coefficient (Wildman–Crippen LogP) is 4.01. The van der Waals surface area contributed by atoms with Gasteiger partial charge in [-0.2, -0.15) is 0 Å². The number of methoxy groups -OCH3 is 1. The topological polar surface area (TPSA) is 61.6 Å². The maximum atomic E-state index is 10.8. The molecule has 104 valence electrons. The van der Waals surface area contributed by atoms with Crippen molar-refractivity contribution in [1.29, 1.82) is 0 Å². The standard InChI is InChI=1S/C15H15NO4/c1-10-7-12(16(17)18)8-11(2)15(10)20-14-6-4-5-13(9-14)19-3/h4-9H,1-3H3. The van der Waals surface area contributed by atoms with Crippen LogP contribution in [0.3, 0.4) is 0 Å². The summed E-state index contributed by atoms with van der Waals surface area (Å²) >= 11 is 0. The van der Waals surface area contributed by atoms with E-state index in [0.717, 1.165) is 11.1 Å². The minimum atomic E-state index is -0.407. The highest BCUT2D eigenvalue weighted by molar-refractivity contribution is 5.51. The van der Waals surface area contributed by atoms with E-state index in [2.05, 4.69) is 0 Å². The lowest BCUT2D eigenvalue weighted by molar-refractivity contribution is -0.385. The summed E-state index contributed by atoms with van der Waals surface area (Å²) in [6.07, 6.45) is 0. The van der Waals surface area contributed by atoms with Gasteiger partial charge in [0.25, 0.3) is 5.69 Å².